The van der Waals surface area contributed by atoms with Crippen molar-refractivity contribution < 1.29 is 9.84 Å². The Labute approximate surface area is 154 Å². The van der Waals surface area contributed by atoms with Gasteiger partial charge in [0, 0.05) is 31.2 Å². The van der Waals surface area contributed by atoms with E-state index in [1.807, 2.05) is 37.1 Å². The molecule has 0 aromatic heterocycles. The molecule has 0 saturated heterocycles. The standard InChI is InChI=1S/C18H30BrN3O2/c1-5-20-18(21-10-16(23)13-24-12-14(2)3)22(4)11-15-8-6-7-9-17(15)19/h6-9,14,16,23H,5,10-13H2,1-4H3,(H,20,21). The fourth-order valence-corrected chi connectivity index (χ4v) is 2.52. The van der Waals surface area contributed by atoms with Gasteiger partial charge in [-0.2, -0.15) is 0 Å². The normalized spacial score (nSPS) is 13.2. The lowest BCUT2D eigenvalue weighted by atomic mass is 10.2. The predicted octanol–water partition coefficient (Wildman–Crippen LogP) is 2.88. The summed E-state index contributed by atoms with van der Waals surface area (Å²) in [6.45, 7) is 9.00. The summed E-state index contributed by atoms with van der Waals surface area (Å²) in [6, 6.07) is 8.13. The van der Waals surface area contributed by atoms with Crippen molar-refractivity contribution in [2.75, 3.05) is 33.4 Å². The maximum atomic E-state index is 10.0. The molecule has 0 bridgehead atoms. The zero-order chi connectivity index (χ0) is 17.9. The molecule has 136 valence electrons. The average molecular weight is 400 g/mol. The monoisotopic (exact) mass is 399 g/mol. The van der Waals surface area contributed by atoms with Crippen molar-refractivity contribution in [2.45, 2.75) is 33.4 Å². The second-order valence-corrected chi connectivity index (χ2v) is 7.08. The zero-order valence-corrected chi connectivity index (χ0v) is 16.7. The maximum absolute atomic E-state index is 10.0. The fraction of sp³-hybridized carbons (Fsp3) is 0.611. The van der Waals surface area contributed by atoms with Crippen molar-refractivity contribution in [3.8, 4) is 0 Å². The number of hydrogen-bond donors (Lipinski definition) is 2. The van der Waals surface area contributed by atoms with Gasteiger partial charge in [0.1, 0.15) is 0 Å². The van der Waals surface area contributed by atoms with E-state index in [2.05, 4.69) is 46.2 Å². The van der Waals surface area contributed by atoms with Crippen LogP contribution in [0.5, 0.6) is 0 Å². The summed E-state index contributed by atoms with van der Waals surface area (Å²) in [7, 11) is 1.99. The van der Waals surface area contributed by atoms with Crippen LogP contribution in [-0.4, -0.2) is 55.4 Å². The Hall–Kier alpha value is -1.11. The molecule has 1 aromatic rings. The summed E-state index contributed by atoms with van der Waals surface area (Å²) >= 11 is 3.57. The van der Waals surface area contributed by atoms with E-state index in [0.29, 0.717) is 25.7 Å². The number of aliphatic imine (C=N–C) groups is 1. The Bertz CT molecular complexity index is 509. The van der Waals surface area contributed by atoms with Gasteiger partial charge < -0.3 is 20.1 Å². The molecule has 1 aromatic carbocycles. The first kappa shape index (κ1) is 20.9. The summed E-state index contributed by atoms with van der Waals surface area (Å²) in [4.78, 5) is 6.57. The molecule has 1 unspecified atom stereocenters. The Morgan fingerprint density at radius 1 is 1.33 bits per heavy atom. The van der Waals surface area contributed by atoms with Gasteiger partial charge in [-0.25, -0.2) is 0 Å². The summed E-state index contributed by atoms with van der Waals surface area (Å²) in [5.74, 6) is 1.24. The van der Waals surface area contributed by atoms with Crippen LogP contribution in [-0.2, 0) is 11.3 Å². The van der Waals surface area contributed by atoms with E-state index in [4.69, 9.17) is 4.74 Å². The lowest BCUT2D eigenvalue weighted by molar-refractivity contribution is 0.0300. The van der Waals surface area contributed by atoms with Crippen molar-refractivity contribution >= 4 is 21.9 Å². The molecule has 0 aliphatic heterocycles. The molecule has 2 N–H and O–H groups in total. The molecule has 1 atom stereocenters. The average Bonchev–Trinajstić information content (AvgIpc) is 2.53. The molecule has 0 amide bonds. The van der Waals surface area contributed by atoms with E-state index >= 15 is 0 Å². The highest BCUT2D eigenvalue weighted by Gasteiger charge is 2.10. The number of halogens is 1. The molecule has 0 radical (unpaired) electrons. The summed E-state index contributed by atoms with van der Waals surface area (Å²) in [6.07, 6.45) is -0.589. The number of hydrogen-bond acceptors (Lipinski definition) is 3. The highest BCUT2D eigenvalue weighted by Crippen LogP contribution is 2.17. The molecule has 5 nitrogen and oxygen atoms in total. The first-order chi connectivity index (χ1) is 11.4. The third kappa shape index (κ3) is 8.13. The van der Waals surface area contributed by atoms with E-state index in [1.54, 1.807) is 0 Å². The van der Waals surface area contributed by atoms with Crippen LogP contribution in [0, 0.1) is 5.92 Å². The van der Waals surface area contributed by atoms with Crippen LogP contribution in [0.2, 0.25) is 0 Å². The molecule has 24 heavy (non-hydrogen) atoms. The minimum Gasteiger partial charge on any atom is -0.389 e. The van der Waals surface area contributed by atoms with Crippen LogP contribution in [0.15, 0.2) is 33.7 Å². The Balaban J connectivity index is 2.59. The van der Waals surface area contributed by atoms with Crippen molar-refractivity contribution in [3.63, 3.8) is 0 Å². The molecule has 0 aliphatic rings. The molecule has 0 spiro atoms. The van der Waals surface area contributed by atoms with E-state index in [9.17, 15) is 5.11 Å². The number of aliphatic hydroxyl groups is 1. The van der Waals surface area contributed by atoms with Gasteiger partial charge in [-0.05, 0) is 24.5 Å². The van der Waals surface area contributed by atoms with Crippen LogP contribution in [0.3, 0.4) is 0 Å². The SMILES string of the molecule is CCNC(=NCC(O)COCC(C)C)N(C)Cc1ccccc1Br. The van der Waals surface area contributed by atoms with Crippen LogP contribution < -0.4 is 5.32 Å². The largest absolute Gasteiger partial charge is 0.389 e. The van der Waals surface area contributed by atoms with Gasteiger partial charge in [-0.3, -0.25) is 4.99 Å². The number of ether oxygens (including phenoxy) is 1. The topological polar surface area (TPSA) is 57.1 Å². The van der Waals surface area contributed by atoms with Crippen molar-refractivity contribution in [1.82, 2.24) is 10.2 Å². The Morgan fingerprint density at radius 2 is 2.04 bits per heavy atom. The molecule has 0 aliphatic carbocycles. The summed E-state index contributed by atoms with van der Waals surface area (Å²) in [5, 5.41) is 13.3. The Kier molecular flexibility index (Phi) is 9.98. The van der Waals surface area contributed by atoms with Crippen molar-refractivity contribution in [1.29, 1.82) is 0 Å². The number of nitrogens with zero attached hydrogens (tertiary/aromatic N) is 2. The minimum atomic E-state index is -0.589. The zero-order valence-electron chi connectivity index (χ0n) is 15.1. The number of guanidine groups is 1. The van der Waals surface area contributed by atoms with Gasteiger partial charge in [0.2, 0.25) is 0 Å². The van der Waals surface area contributed by atoms with Gasteiger partial charge >= 0.3 is 0 Å². The second kappa shape index (κ2) is 11.4. The van der Waals surface area contributed by atoms with Gasteiger partial charge in [-0.1, -0.05) is 48.0 Å². The number of nitrogens with one attached hydrogen (secondary N) is 1. The van der Waals surface area contributed by atoms with Crippen molar-refractivity contribution in [3.05, 3.63) is 34.3 Å². The molecule has 1 rings (SSSR count). The third-order valence-corrected chi connectivity index (χ3v) is 4.05. The first-order valence-corrected chi connectivity index (χ1v) is 9.22. The minimum absolute atomic E-state index is 0.315. The van der Waals surface area contributed by atoms with E-state index < -0.39 is 6.10 Å². The van der Waals surface area contributed by atoms with E-state index in [0.717, 1.165) is 23.5 Å². The first-order valence-electron chi connectivity index (χ1n) is 8.42. The molecular formula is C18H30BrN3O2. The van der Waals surface area contributed by atoms with E-state index in [1.165, 1.54) is 5.56 Å². The van der Waals surface area contributed by atoms with Crippen LogP contribution in [0.1, 0.15) is 26.3 Å². The third-order valence-electron chi connectivity index (χ3n) is 3.28. The summed E-state index contributed by atoms with van der Waals surface area (Å²) < 4.78 is 6.54. The van der Waals surface area contributed by atoms with Gasteiger partial charge in [0.15, 0.2) is 5.96 Å². The van der Waals surface area contributed by atoms with Gasteiger partial charge in [-0.15, -0.1) is 0 Å². The number of benzene rings is 1. The van der Waals surface area contributed by atoms with E-state index in [-0.39, 0.29) is 0 Å². The molecule has 0 heterocycles. The van der Waals surface area contributed by atoms with Crippen molar-refractivity contribution in [2.24, 2.45) is 10.9 Å². The maximum Gasteiger partial charge on any atom is 0.194 e. The number of aliphatic hydroxyl groups excluding tert-OH is 1. The lowest BCUT2D eigenvalue weighted by Crippen LogP contribution is -2.39. The molecular weight excluding hydrogens is 370 g/mol. The smallest absolute Gasteiger partial charge is 0.194 e. The van der Waals surface area contributed by atoms with Crippen LogP contribution in [0.25, 0.3) is 0 Å². The highest BCUT2D eigenvalue weighted by atomic mass is 79.9. The molecule has 0 fully saturated rings. The lowest BCUT2D eigenvalue weighted by Gasteiger charge is -2.23. The Morgan fingerprint density at radius 3 is 2.67 bits per heavy atom. The van der Waals surface area contributed by atoms with Crippen LogP contribution >= 0.6 is 15.9 Å². The second-order valence-electron chi connectivity index (χ2n) is 6.23. The van der Waals surface area contributed by atoms with Crippen LogP contribution in [0.4, 0.5) is 0 Å². The highest BCUT2D eigenvalue weighted by molar-refractivity contribution is 9.10. The molecule has 0 saturated carbocycles. The van der Waals surface area contributed by atoms with Gasteiger partial charge in [0.25, 0.3) is 0 Å². The number of rotatable bonds is 9. The fourth-order valence-electron chi connectivity index (χ4n) is 2.11. The quantitative estimate of drug-likeness (QED) is 0.495. The summed E-state index contributed by atoms with van der Waals surface area (Å²) in [5.41, 5.74) is 1.19. The van der Waals surface area contributed by atoms with Gasteiger partial charge in [0.05, 0.1) is 19.3 Å². The predicted molar refractivity (Wildman–Crippen MR) is 103 cm³/mol. The molecule has 6 heteroatoms.